The van der Waals surface area contributed by atoms with Gasteiger partial charge in [-0.3, -0.25) is 4.79 Å². The number of carbonyl (C=O) groups excluding carboxylic acids is 1. The quantitative estimate of drug-likeness (QED) is 0.703. The average molecular weight is 237 g/mol. The predicted molar refractivity (Wildman–Crippen MR) is 58.2 cm³/mol. The van der Waals surface area contributed by atoms with Crippen molar-refractivity contribution in [3.63, 3.8) is 0 Å². The van der Waals surface area contributed by atoms with Crippen molar-refractivity contribution < 1.29 is 18.3 Å². The average Bonchev–Trinajstić information content (AvgIpc) is 1.96. The summed E-state index contributed by atoms with van der Waals surface area (Å²) in [4.78, 5) is 11.3. The van der Waals surface area contributed by atoms with E-state index < -0.39 is 26.1 Å². The van der Waals surface area contributed by atoms with Crippen LogP contribution < -0.4 is 5.32 Å². The number of aliphatic hydroxyl groups is 1. The van der Waals surface area contributed by atoms with Crippen molar-refractivity contribution in [1.29, 1.82) is 0 Å². The first kappa shape index (κ1) is 14.4. The Bertz CT molecular complexity index is 338. The van der Waals surface area contributed by atoms with Crippen molar-refractivity contribution >= 4 is 15.7 Å². The minimum Gasteiger partial charge on any atom is -0.381 e. The standard InChI is InChI=1S/C9H19NO4S/c1-8(2,15(5,13)14)6-10-7(11)9(3,4)12/h12H,6H2,1-5H3,(H,10,11). The molecule has 0 aromatic rings. The summed E-state index contributed by atoms with van der Waals surface area (Å²) in [7, 11) is -3.24. The van der Waals surface area contributed by atoms with Crippen LogP contribution in [0.25, 0.3) is 0 Å². The van der Waals surface area contributed by atoms with Gasteiger partial charge in [0.1, 0.15) is 5.60 Å². The van der Waals surface area contributed by atoms with E-state index in [2.05, 4.69) is 5.32 Å². The lowest BCUT2D eigenvalue weighted by atomic mass is 10.1. The van der Waals surface area contributed by atoms with Gasteiger partial charge in [-0.05, 0) is 27.7 Å². The van der Waals surface area contributed by atoms with Gasteiger partial charge in [0.2, 0.25) is 0 Å². The molecule has 0 aromatic heterocycles. The third-order valence-electron chi connectivity index (χ3n) is 2.23. The molecular weight excluding hydrogens is 218 g/mol. The second-order valence-electron chi connectivity index (χ2n) is 4.77. The van der Waals surface area contributed by atoms with Crippen LogP contribution in [-0.4, -0.2) is 42.6 Å². The summed E-state index contributed by atoms with van der Waals surface area (Å²) in [5.41, 5.74) is -1.49. The zero-order valence-electron chi connectivity index (χ0n) is 9.79. The highest BCUT2D eigenvalue weighted by Gasteiger charge is 2.32. The van der Waals surface area contributed by atoms with E-state index in [1.54, 1.807) is 0 Å². The topological polar surface area (TPSA) is 83.5 Å². The van der Waals surface area contributed by atoms with Crippen molar-refractivity contribution in [2.45, 2.75) is 38.0 Å². The summed E-state index contributed by atoms with van der Waals surface area (Å²) in [6.07, 6.45) is 1.11. The molecule has 0 saturated carbocycles. The van der Waals surface area contributed by atoms with Crippen LogP contribution >= 0.6 is 0 Å². The van der Waals surface area contributed by atoms with Gasteiger partial charge in [0.25, 0.3) is 5.91 Å². The lowest BCUT2D eigenvalue weighted by Crippen LogP contribution is -2.49. The van der Waals surface area contributed by atoms with Crippen LogP contribution in [0, 0.1) is 0 Å². The van der Waals surface area contributed by atoms with E-state index in [1.807, 2.05) is 0 Å². The monoisotopic (exact) mass is 237 g/mol. The smallest absolute Gasteiger partial charge is 0.251 e. The molecule has 0 atom stereocenters. The fraction of sp³-hybridized carbons (Fsp3) is 0.889. The Balaban J connectivity index is 4.49. The minimum atomic E-state index is -3.24. The summed E-state index contributed by atoms with van der Waals surface area (Å²) in [6.45, 7) is 5.71. The third-order valence-corrected chi connectivity index (χ3v) is 4.39. The predicted octanol–water partition coefficient (Wildman–Crippen LogP) is -0.303. The van der Waals surface area contributed by atoms with Gasteiger partial charge in [0, 0.05) is 12.8 Å². The van der Waals surface area contributed by atoms with Gasteiger partial charge in [-0.2, -0.15) is 0 Å². The van der Waals surface area contributed by atoms with E-state index in [9.17, 15) is 18.3 Å². The van der Waals surface area contributed by atoms with Gasteiger partial charge in [-0.25, -0.2) is 8.42 Å². The molecule has 0 aromatic carbocycles. The Labute approximate surface area is 90.8 Å². The first-order valence-corrected chi connectivity index (χ1v) is 6.47. The molecule has 1 amide bonds. The molecule has 0 bridgehead atoms. The number of sulfone groups is 1. The molecule has 0 rings (SSSR count). The molecular formula is C9H19NO4S. The van der Waals surface area contributed by atoms with E-state index in [4.69, 9.17) is 0 Å². The van der Waals surface area contributed by atoms with Gasteiger partial charge < -0.3 is 10.4 Å². The van der Waals surface area contributed by atoms with E-state index >= 15 is 0 Å². The van der Waals surface area contributed by atoms with E-state index in [0.717, 1.165) is 6.26 Å². The molecule has 0 saturated heterocycles. The maximum absolute atomic E-state index is 11.3. The second kappa shape index (κ2) is 4.09. The lowest BCUT2D eigenvalue weighted by molar-refractivity contribution is -0.136. The number of rotatable bonds is 4. The lowest BCUT2D eigenvalue weighted by Gasteiger charge is -2.25. The molecule has 0 aliphatic heterocycles. The van der Waals surface area contributed by atoms with Crippen molar-refractivity contribution in [1.82, 2.24) is 5.32 Å². The van der Waals surface area contributed by atoms with Gasteiger partial charge >= 0.3 is 0 Å². The fourth-order valence-corrected chi connectivity index (χ4v) is 0.975. The number of hydrogen-bond donors (Lipinski definition) is 2. The van der Waals surface area contributed by atoms with Crippen molar-refractivity contribution in [3.05, 3.63) is 0 Å². The number of amides is 1. The Morgan fingerprint density at radius 2 is 1.67 bits per heavy atom. The highest BCUT2D eigenvalue weighted by atomic mass is 32.2. The molecule has 2 N–H and O–H groups in total. The SMILES string of the molecule is CC(C)(O)C(=O)NCC(C)(C)S(C)(=O)=O. The van der Waals surface area contributed by atoms with Gasteiger partial charge in [-0.1, -0.05) is 0 Å². The molecule has 90 valence electrons. The fourth-order valence-electron chi connectivity index (χ4n) is 0.641. The van der Waals surface area contributed by atoms with Gasteiger partial charge in [-0.15, -0.1) is 0 Å². The Hall–Kier alpha value is -0.620. The molecule has 15 heavy (non-hydrogen) atoms. The Morgan fingerprint density at radius 1 is 1.27 bits per heavy atom. The highest BCUT2D eigenvalue weighted by molar-refractivity contribution is 7.92. The molecule has 6 heteroatoms. The second-order valence-corrected chi connectivity index (χ2v) is 7.42. The molecule has 5 nitrogen and oxygen atoms in total. The molecule has 0 spiro atoms. The maximum Gasteiger partial charge on any atom is 0.251 e. The molecule has 0 aliphatic rings. The van der Waals surface area contributed by atoms with Crippen LogP contribution in [0.15, 0.2) is 0 Å². The molecule has 0 radical (unpaired) electrons. The molecule has 0 unspecified atom stereocenters. The molecule has 0 fully saturated rings. The van der Waals surface area contributed by atoms with Crippen LogP contribution in [0.5, 0.6) is 0 Å². The Morgan fingerprint density at radius 3 is 1.93 bits per heavy atom. The normalized spacial score (nSPS) is 13.7. The van der Waals surface area contributed by atoms with Gasteiger partial charge in [0.15, 0.2) is 9.84 Å². The first-order valence-electron chi connectivity index (χ1n) is 4.58. The summed E-state index contributed by atoms with van der Waals surface area (Å²) in [6, 6.07) is 0. The van der Waals surface area contributed by atoms with Crippen LogP contribution in [0.2, 0.25) is 0 Å². The zero-order valence-corrected chi connectivity index (χ0v) is 10.6. The van der Waals surface area contributed by atoms with E-state index in [0.29, 0.717) is 0 Å². The summed E-state index contributed by atoms with van der Waals surface area (Å²) >= 11 is 0. The van der Waals surface area contributed by atoms with Crippen molar-refractivity contribution in [2.24, 2.45) is 0 Å². The largest absolute Gasteiger partial charge is 0.381 e. The minimum absolute atomic E-state index is 0.0192. The first-order chi connectivity index (χ1) is 6.38. The number of hydrogen-bond acceptors (Lipinski definition) is 4. The van der Waals surface area contributed by atoms with Gasteiger partial charge in [0.05, 0.1) is 4.75 Å². The van der Waals surface area contributed by atoms with Crippen LogP contribution in [0.1, 0.15) is 27.7 Å². The van der Waals surface area contributed by atoms with Crippen LogP contribution in [0.3, 0.4) is 0 Å². The van der Waals surface area contributed by atoms with Crippen molar-refractivity contribution in [2.75, 3.05) is 12.8 Å². The highest BCUT2D eigenvalue weighted by Crippen LogP contribution is 2.13. The maximum atomic E-state index is 11.3. The van der Waals surface area contributed by atoms with E-state index in [-0.39, 0.29) is 6.54 Å². The van der Waals surface area contributed by atoms with Crippen LogP contribution in [-0.2, 0) is 14.6 Å². The summed E-state index contributed by atoms with van der Waals surface area (Å²) in [5, 5.41) is 11.7. The Kier molecular flexibility index (Phi) is 3.93. The molecule has 0 heterocycles. The van der Waals surface area contributed by atoms with Crippen molar-refractivity contribution in [3.8, 4) is 0 Å². The number of carbonyl (C=O) groups is 1. The van der Waals surface area contributed by atoms with Crippen LogP contribution in [0.4, 0.5) is 0 Å². The summed E-state index contributed by atoms with van der Waals surface area (Å²) in [5.74, 6) is -0.584. The number of nitrogens with one attached hydrogen (secondary N) is 1. The summed E-state index contributed by atoms with van der Waals surface area (Å²) < 4.78 is 21.6. The van der Waals surface area contributed by atoms with E-state index in [1.165, 1.54) is 27.7 Å². The molecule has 0 aliphatic carbocycles. The zero-order chi connectivity index (χ0) is 12.5. The third kappa shape index (κ3) is 4.17.